The van der Waals surface area contributed by atoms with E-state index in [0.29, 0.717) is 23.4 Å². The number of carbonyl (C=O) groups excluding carboxylic acids is 3. The molecule has 5 rings (SSSR count). The molecule has 0 bridgehead atoms. The van der Waals surface area contributed by atoms with Gasteiger partial charge in [0.1, 0.15) is 10.9 Å². The van der Waals surface area contributed by atoms with Gasteiger partial charge >= 0.3 is 0 Å². The topological polar surface area (TPSA) is 104 Å². The molecule has 11 heteroatoms. The van der Waals surface area contributed by atoms with Crippen molar-refractivity contribution >= 4 is 72.8 Å². The van der Waals surface area contributed by atoms with Crippen molar-refractivity contribution in [1.82, 2.24) is 4.90 Å². The number of fused-ring (bicyclic) bond motifs is 1. The van der Waals surface area contributed by atoms with Crippen LogP contribution in [-0.4, -0.2) is 59.5 Å². The molecule has 0 aromatic heterocycles. The first-order valence-corrected chi connectivity index (χ1v) is 14.0. The Bertz CT molecular complexity index is 1420. The zero-order chi connectivity index (χ0) is 24.9. The number of rotatable bonds is 4. The summed E-state index contributed by atoms with van der Waals surface area (Å²) in [6.45, 7) is 1.72. The maximum atomic E-state index is 13.5. The normalized spacial score (nSPS) is 23.2. The minimum atomic E-state index is -3.22. The van der Waals surface area contributed by atoms with E-state index in [1.54, 1.807) is 36.4 Å². The number of nitrogens with one attached hydrogen (secondary N) is 1. The third-order valence-corrected chi connectivity index (χ3v) is 9.31. The number of hydrogen-bond donors (Lipinski definition) is 1. The van der Waals surface area contributed by atoms with Crippen LogP contribution in [0, 0.1) is 6.92 Å². The first kappa shape index (κ1) is 23.7. The van der Waals surface area contributed by atoms with E-state index in [2.05, 4.69) is 5.32 Å². The van der Waals surface area contributed by atoms with Crippen LogP contribution in [0.25, 0.3) is 5.57 Å². The number of nitrogens with zero attached hydrogens (tertiary/aromatic N) is 2. The number of benzene rings is 2. The SMILES string of the molecule is Cc1ccc(NC(=O)CN2C(=O)/C(=C3/SC(=S)N([C@@H]4CCS(=O)(=O)C4)C3=O)c3ccccc32)cc1. The summed E-state index contributed by atoms with van der Waals surface area (Å²) in [5, 5.41) is 2.79. The van der Waals surface area contributed by atoms with Gasteiger partial charge in [0.05, 0.1) is 33.7 Å². The second-order valence-electron chi connectivity index (χ2n) is 8.63. The zero-order valence-corrected chi connectivity index (χ0v) is 21.1. The van der Waals surface area contributed by atoms with Gasteiger partial charge in [-0.25, -0.2) is 8.42 Å². The summed E-state index contributed by atoms with van der Waals surface area (Å²) in [6, 6.07) is 13.8. The lowest BCUT2D eigenvalue weighted by molar-refractivity contribution is -0.123. The van der Waals surface area contributed by atoms with Crippen molar-refractivity contribution in [2.75, 3.05) is 28.3 Å². The van der Waals surface area contributed by atoms with Gasteiger partial charge in [0.25, 0.3) is 11.8 Å². The van der Waals surface area contributed by atoms with Gasteiger partial charge in [-0.05, 0) is 31.5 Å². The Kier molecular flexibility index (Phi) is 6.02. The first-order valence-electron chi connectivity index (χ1n) is 10.9. The number of sulfone groups is 1. The molecule has 2 aromatic rings. The monoisotopic (exact) mass is 527 g/mol. The van der Waals surface area contributed by atoms with Crippen molar-refractivity contribution in [2.45, 2.75) is 19.4 Å². The standard InChI is InChI=1S/C24H21N3O5S3/c1-14-6-8-15(9-7-14)25-19(28)12-26-18-5-3-2-4-17(18)20(22(26)29)21-23(30)27(24(33)34-21)16-10-11-35(31,32)13-16/h2-9,16H,10-13H2,1H3,(H,25,28)/b21-20+/t16-/m1/s1. The minimum Gasteiger partial charge on any atom is -0.325 e. The van der Waals surface area contributed by atoms with E-state index >= 15 is 0 Å². The molecule has 2 fully saturated rings. The molecule has 180 valence electrons. The summed E-state index contributed by atoms with van der Waals surface area (Å²) in [7, 11) is -3.22. The second-order valence-corrected chi connectivity index (χ2v) is 12.5. The molecule has 2 saturated heterocycles. The molecular formula is C24H21N3O5S3. The number of aryl methyl sites for hydroxylation is 1. The van der Waals surface area contributed by atoms with Gasteiger partial charge in [-0.2, -0.15) is 0 Å². The third kappa shape index (κ3) is 4.39. The van der Waals surface area contributed by atoms with Crippen molar-refractivity contribution in [1.29, 1.82) is 0 Å². The van der Waals surface area contributed by atoms with Crippen molar-refractivity contribution < 1.29 is 22.8 Å². The van der Waals surface area contributed by atoms with E-state index in [9.17, 15) is 22.8 Å². The Morgan fingerprint density at radius 3 is 2.51 bits per heavy atom. The predicted octanol–water partition coefficient (Wildman–Crippen LogP) is 2.74. The lowest BCUT2D eigenvalue weighted by Crippen LogP contribution is -2.39. The minimum absolute atomic E-state index is 0.00622. The van der Waals surface area contributed by atoms with Crippen LogP contribution < -0.4 is 10.2 Å². The smallest absolute Gasteiger partial charge is 0.267 e. The van der Waals surface area contributed by atoms with E-state index in [1.165, 1.54) is 9.80 Å². The molecule has 3 amide bonds. The Morgan fingerprint density at radius 2 is 1.83 bits per heavy atom. The average Bonchev–Trinajstić information content (AvgIpc) is 3.40. The number of hydrogen-bond acceptors (Lipinski definition) is 7. The summed E-state index contributed by atoms with van der Waals surface area (Å²) < 4.78 is 24.2. The Balaban J connectivity index is 1.44. The van der Waals surface area contributed by atoms with Gasteiger partial charge in [0.15, 0.2) is 9.84 Å². The third-order valence-electron chi connectivity index (χ3n) is 6.16. The zero-order valence-electron chi connectivity index (χ0n) is 18.7. The van der Waals surface area contributed by atoms with Crippen LogP contribution in [0.3, 0.4) is 0 Å². The molecule has 2 aromatic carbocycles. The maximum Gasteiger partial charge on any atom is 0.267 e. The number of thiocarbonyl (C=S) groups is 1. The number of carbonyl (C=O) groups is 3. The lowest BCUT2D eigenvalue weighted by atomic mass is 10.1. The quantitative estimate of drug-likeness (QED) is 0.482. The summed E-state index contributed by atoms with van der Waals surface area (Å²) in [5.74, 6) is -1.44. The van der Waals surface area contributed by atoms with Crippen molar-refractivity contribution in [3.05, 3.63) is 64.6 Å². The van der Waals surface area contributed by atoms with E-state index in [0.717, 1.165) is 17.3 Å². The fourth-order valence-corrected chi connectivity index (χ4v) is 7.63. The average molecular weight is 528 g/mol. The van der Waals surface area contributed by atoms with Crippen LogP contribution in [0.15, 0.2) is 53.4 Å². The van der Waals surface area contributed by atoms with Crippen LogP contribution >= 0.6 is 24.0 Å². The van der Waals surface area contributed by atoms with Crippen LogP contribution in [0.2, 0.25) is 0 Å². The highest BCUT2D eigenvalue weighted by atomic mass is 32.2. The number of amides is 3. The largest absolute Gasteiger partial charge is 0.325 e. The summed E-state index contributed by atoms with van der Waals surface area (Å²) in [5.41, 5.74) is 2.93. The van der Waals surface area contributed by atoms with Crippen LogP contribution in [0.4, 0.5) is 11.4 Å². The Labute approximate surface area is 212 Å². The molecule has 0 aliphatic carbocycles. The van der Waals surface area contributed by atoms with Crippen molar-refractivity contribution in [3.8, 4) is 0 Å². The summed E-state index contributed by atoms with van der Waals surface area (Å²) in [6.07, 6.45) is 0.313. The maximum absolute atomic E-state index is 13.5. The van der Waals surface area contributed by atoms with E-state index in [4.69, 9.17) is 12.2 Å². The van der Waals surface area contributed by atoms with Gasteiger partial charge in [-0.1, -0.05) is 59.9 Å². The van der Waals surface area contributed by atoms with Gasteiger partial charge in [-0.3, -0.25) is 24.2 Å². The number of thioether (sulfide) groups is 1. The molecule has 3 aliphatic rings. The number of anilines is 2. The highest BCUT2D eigenvalue weighted by molar-refractivity contribution is 8.26. The Morgan fingerprint density at radius 1 is 1.11 bits per heavy atom. The summed E-state index contributed by atoms with van der Waals surface area (Å²) >= 11 is 6.41. The van der Waals surface area contributed by atoms with Crippen LogP contribution in [0.1, 0.15) is 17.5 Å². The van der Waals surface area contributed by atoms with Crippen molar-refractivity contribution in [3.63, 3.8) is 0 Å². The molecule has 1 N–H and O–H groups in total. The molecule has 0 spiro atoms. The van der Waals surface area contributed by atoms with Crippen molar-refractivity contribution in [2.24, 2.45) is 0 Å². The molecule has 0 radical (unpaired) electrons. The molecule has 35 heavy (non-hydrogen) atoms. The molecule has 0 unspecified atom stereocenters. The van der Waals surface area contributed by atoms with E-state index in [-0.39, 0.29) is 38.8 Å². The lowest BCUT2D eigenvalue weighted by Gasteiger charge is -2.21. The molecule has 0 saturated carbocycles. The molecule has 8 nitrogen and oxygen atoms in total. The second kappa shape index (κ2) is 8.89. The molecule has 1 atom stereocenters. The molecule has 3 aliphatic heterocycles. The number of para-hydroxylation sites is 1. The van der Waals surface area contributed by atoms with Crippen LogP contribution in [-0.2, 0) is 24.2 Å². The van der Waals surface area contributed by atoms with Gasteiger partial charge in [0, 0.05) is 11.3 Å². The highest BCUT2D eigenvalue weighted by Gasteiger charge is 2.46. The highest BCUT2D eigenvalue weighted by Crippen LogP contribution is 2.45. The molecule has 3 heterocycles. The van der Waals surface area contributed by atoms with E-state index < -0.39 is 27.7 Å². The Hall–Kier alpha value is -3.02. The van der Waals surface area contributed by atoms with Gasteiger partial charge in [-0.15, -0.1) is 0 Å². The first-order chi connectivity index (χ1) is 16.6. The molecular weight excluding hydrogens is 506 g/mol. The van der Waals surface area contributed by atoms with Gasteiger partial charge in [0.2, 0.25) is 5.91 Å². The van der Waals surface area contributed by atoms with Crippen LogP contribution in [0.5, 0.6) is 0 Å². The fraction of sp³-hybridized carbons (Fsp3) is 0.250. The predicted molar refractivity (Wildman–Crippen MR) is 140 cm³/mol. The summed E-state index contributed by atoms with van der Waals surface area (Å²) in [4.78, 5) is 42.5. The van der Waals surface area contributed by atoms with E-state index in [1.807, 2.05) is 19.1 Å². The fourth-order valence-electron chi connectivity index (χ4n) is 4.46. The van der Waals surface area contributed by atoms with Gasteiger partial charge < -0.3 is 5.32 Å².